The van der Waals surface area contributed by atoms with Crippen molar-refractivity contribution in [2.75, 3.05) is 18.5 Å². The standard InChI is InChI=1S/C20H23FN2O4S/c1-4-11-22-28(25,26)19-12-15(9-10-16(19)21)20(24)23-17-7-5-6-8-18(17)27-13-14(2)3/h4-10,12,14,22H,1,11,13H2,2-3H3,(H,23,24). The van der Waals surface area contributed by atoms with Crippen LogP contribution in [0.3, 0.4) is 0 Å². The number of benzene rings is 2. The number of anilines is 1. The second kappa shape index (κ2) is 9.48. The first-order chi connectivity index (χ1) is 13.2. The third-order valence-electron chi connectivity index (χ3n) is 3.61. The van der Waals surface area contributed by atoms with Gasteiger partial charge in [0.25, 0.3) is 5.91 Å². The predicted molar refractivity (Wildman–Crippen MR) is 107 cm³/mol. The van der Waals surface area contributed by atoms with Gasteiger partial charge in [0.2, 0.25) is 10.0 Å². The first-order valence-corrected chi connectivity index (χ1v) is 10.2. The van der Waals surface area contributed by atoms with Crippen molar-refractivity contribution in [3.8, 4) is 5.75 Å². The highest BCUT2D eigenvalue weighted by molar-refractivity contribution is 7.89. The molecule has 0 aliphatic carbocycles. The van der Waals surface area contributed by atoms with Crippen LogP contribution < -0.4 is 14.8 Å². The molecule has 2 aromatic rings. The fourth-order valence-corrected chi connectivity index (χ4v) is 3.34. The topological polar surface area (TPSA) is 84.5 Å². The number of amides is 1. The van der Waals surface area contributed by atoms with Gasteiger partial charge < -0.3 is 10.1 Å². The molecule has 2 N–H and O–H groups in total. The zero-order valence-electron chi connectivity index (χ0n) is 15.7. The minimum absolute atomic E-state index is 0.000888. The molecule has 0 saturated heterocycles. The Balaban J connectivity index is 2.27. The maximum absolute atomic E-state index is 14.0. The van der Waals surface area contributed by atoms with Crippen molar-refractivity contribution in [3.63, 3.8) is 0 Å². The molecule has 0 bridgehead atoms. The molecule has 0 atom stereocenters. The van der Waals surface area contributed by atoms with Gasteiger partial charge >= 0.3 is 0 Å². The van der Waals surface area contributed by atoms with Crippen molar-refractivity contribution < 1.29 is 22.3 Å². The van der Waals surface area contributed by atoms with E-state index in [4.69, 9.17) is 4.74 Å². The quantitative estimate of drug-likeness (QED) is 0.624. The first-order valence-electron chi connectivity index (χ1n) is 8.68. The van der Waals surface area contributed by atoms with E-state index in [1.165, 1.54) is 12.1 Å². The molecule has 28 heavy (non-hydrogen) atoms. The van der Waals surface area contributed by atoms with E-state index in [2.05, 4.69) is 16.6 Å². The maximum atomic E-state index is 14.0. The Kier molecular flexibility index (Phi) is 7.31. The molecule has 150 valence electrons. The molecule has 2 aromatic carbocycles. The number of halogens is 1. The summed E-state index contributed by atoms with van der Waals surface area (Å²) in [7, 11) is -4.11. The molecule has 0 unspecified atom stereocenters. The van der Waals surface area contributed by atoms with E-state index in [1.807, 2.05) is 13.8 Å². The van der Waals surface area contributed by atoms with Gasteiger partial charge in [0.1, 0.15) is 16.5 Å². The summed E-state index contributed by atoms with van der Waals surface area (Å²) in [6.45, 7) is 7.83. The smallest absolute Gasteiger partial charge is 0.255 e. The van der Waals surface area contributed by atoms with E-state index in [9.17, 15) is 17.6 Å². The Hall–Kier alpha value is -2.71. The Morgan fingerprint density at radius 2 is 1.96 bits per heavy atom. The number of ether oxygens (including phenoxy) is 1. The molecule has 0 spiro atoms. The minimum Gasteiger partial charge on any atom is -0.491 e. The van der Waals surface area contributed by atoms with Gasteiger partial charge in [0.15, 0.2) is 0 Å². The van der Waals surface area contributed by atoms with Gasteiger partial charge in [-0.15, -0.1) is 6.58 Å². The predicted octanol–water partition coefficient (Wildman–Crippen LogP) is 3.58. The van der Waals surface area contributed by atoms with Gasteiger partial charge in [-0.1, -0.05) is 32.1 Å². The summed E-state index contributed by atoms with van der Waals surface area (Å²) in [5.41, 5.74) is 0.436. The van der Waals surface area contributed by atoms with E-state index >= 15 is 0 Å². The van der Waals surface area contributed by atoms with E-state index in [-0.39, 0.29) is 12.1 Å². The maximum Gasteiger partial charge on any atom is 0.255 e. The average molecular weight is 406 g/mol. The molecule has 1 amide bonds. The zero-order chi connectivity index (χ0) is 20.7. The molecule has 2 rings (SSSR count). The minimum atomic E-state index is -4.11. The van der Waals surface area contributed by atoms with Gasteiger partial charge in [-0.25, -0.2) is 17.5 Å². The van der Waals surface area contributed by atoms with Crippen LogP contribution in [0.5, 0.6) is 5.75 Å². The number of para-hydroxylation sites is 2. The van der Waals surface area contributed by atoms with E-state index in [0.29, 0.717) is 24.0 Å². The Morgan fingerprint density at radius 3 is 2.64 bits per heavy atom. The number of nitrogens with one attached hydrogen (secondary N) is 2. The molecule has 0 aliphatic heterocycles. The average Bonchev–Trinajstić information content (AvgIpc) is 2.65. The highest BCUT2D eigenvalue weighted by Crippen LogP contribution is 2.25. The van der Waals surface area contributed by atoms with Crippen LogP contribution in [-0.2, 0) is 10.0 Å². The Bertz CT molecular complexity index is 958. The Morgan fingerprint density at radius 1 is 1.25 bits per heavy atom. The number of sulfonamides is 1. The van der Waals surface area contributed by atoms with Crippen molar-refractivity contribution in [2.24, 2.45) is 5.92 Å². The van der Waals surface area contributed by atoms with E-state index in [1.54, 1.807) is 24.3 Å². The lowest BCUT2D eigenvalue weighted by molar-refractivity contribution is 0.102. The van der Waals surface area contributed by atoms with Crippen LogP contribution in [-0.4, -0.2) is 27.5 Å². The van der Waals surface area contributed by atoms with Crippen molar-refractivity contribution in [1.29, 1.82) is 0 Å². The van der Waals surface area contributed by atoms with E-state index < -0.39 is 26.6 Å². The summed E-state index contributed by atoms with van der Waals surface area (Å²) in [6, 6.07) is 10.1. The van der Waals surface area contributed by atoms with Gasteiger partial charge in [-0.2, -0.15) is 0 Å². The summed E-state index contributed by atoms with van der Waals surface area (Å²) in [4.78, 5) is 12.0. The summed E-state index contributed by atoms with van der Waals surface area (Å²) >= 11 is 0. The van der Waals surface area contributed by atoms with Crippen LogP contribution >= 0.6 is 0 Å². The fraction of sp³-hybridized carbons (Fsp3) is 0.250. The van der Waals surface area contributed by atoms with Gasteiger partial charge in [-0.05, 0) is 36.2 Å². The van der Waals surface area contributed by atoms with Crippen molar-refractivity contribution in [1.82, 2.24) is 4.72 Å². The van der Waals surface area contributed by atoms with Gasteiger partial charge in [0.05, 0.1) is 12.3 Å². The highest BCUT2D eigenvalue weighted by atomic mass is 32.2. The lowest BCUT2D eigenvalue weighted by Crippen LogP contribution is -2.25. The Labute approximate surface area is 164 Å². The van der Waals surface area contributed by atoms with Crippen LogP contribution in [0.25, 0.3) is 0 Å². The van der Waals surface area contributed by atoms with Crippen LogP contribution in [0.15, 0.2) is 60.0 Å². The van der Waals surface area contributed by atoms with Crippen molar-refractivity contribution in [2.45, 2.75) is 18.7 Å². The molecular formula is C20H23FN2O4S. The third-order valence-corrected chi connectivity index (χ3v) is 5.05. The van der Waals surface area contributed by atoms with Gasteiger partial charge in [0, 0.05) is 12.1 Å². The summed E-state index contributed by atoms with van der Waals surface area (Å²) in [5.74, 6) is -0.738. The van der Waals surface area contributed by atoms with Crippen molar-refractivity contribution >= 4 is 21.6 Å². The number of hydrogen-bond donors (Lipinski definition) is 2. The van der Waals surface area contributed by atoms with Crippen LogP contribution in [0.2, 0.25) is 0 Å². The van der Waals surface area contributed by atoms with Crippen LogP contribution in [0.4, 0.5) is 10.1 Å². The molecule has 0 heterocycles. The molecule has 0 saturated carbocycles. The van der Waals surface area contributed by atoms with Crippen molar-refractivity contribution in [3.05, 3.63) is 66.5 Å². The zero-order valence-corrected chi connectivity index (χ0v) is 16.6. The number of carbonyl (C=O) groups excluding carboxylic acids is 1. The third kappa shape index (κ3) is 5.64. The molecule has 0 aromatic heterocycles. The summed E-state index contributed by atoms with van der Waals surface area (Å²) in [5, 5.41) is 2.67. The largest absolute Gasteiger partial charge is 0.491 e. The lowest BCUT2D eigenvalue weighted by Gasteiger charge is -2.14. The van der Waals surface area contributed by atoms with Crippen LogP contribution in [0.1, 0.15) is 24.2 Å². The highest BCUT2D eigenvalue weighted by Gasteiger charge is 2.21. The second-order valence-corrected chi connectivity index (χ2v) is 8.18. The molecule has 8 heteroatoms. The monoisotopic (exact) mass is 406 g/mol. The molecule has 0 aliphatic rings. The molecular weight excluding hydrogens is 383 g/mol. The number of carbonyl (C=O) groups is 1. The van der Waals surface area contributed by atoms with Gasteiger partial charge in [-0.3, -0.25) is 4.79 Å². The van der Waals surface area contributed by atoms with Crippen LogP contribution in [0, 0.1) is 11.7 Å². The first kappa shape index (κ1) is 21.6. The SMILES string of the molecule is C=CCNS(=O)(=O)c1cc(C(=O)Nc2ccccc2OCC(C)C)ccc1F. The molecule has 0 radical (unpaired) electrons. The normalized spacial score (nSPS) is 11.3. The summed E-state index contributed by atoms with van der Waals surface area (Å²) < 4.78 is 46.3. The lowest BCUT2D eigenvalue weighted by atomic mass is 10.2. The molecule has 6 nitrogen and oxygen atoms in total. The molecule has 0 fully saturated rings. The second-order valence-electron chi connectivity index (χ2n) is 6.44. The fourth-order valence-electron chi connectivity index (χ4n) is 2.24. The number of hydrogen-bond acceptors (Lipinski definition) is 4. The summed E-state index contributed by atoms with van der Waals surface area (Å²) in [6.07, 6.45) is 1.33. The van der Waals surface area contributed by atoms with E-state index in [0.717, 1.165) is 12.1 Å². The number of rotatable bonds is 9.